The number of rotatable bonds is 5. The molecule has 5 nitrogen and oxygen atoms in total. The van der Waals surface area contributed by atoms with Crippen LogP contribution in [0.5, 0.6) is 11.5 Å². The summed E-state index contributed by atoms with van der Waals surface area (Å²) in [5.41, 5.74) is 2.28. The molecule has 0 saturated carbocycles. The van der Waals surface area contributed by atoms with Crippen molar-refractivity contribution < 1.29 is 14.3 Å². The fourth-order valence-electron chi connectivity index (χ4n) is 2.80. The molecule has 4 rings (SSSR count). The first-order valence-corrected chi connectivity index (χ1v) is 9.86. The van der Waals surface area contributed by atoms with Gasteiger partial charge in [-0.15, -0.1) is 22.7 Å². The van der Waals surface area contributed by atoms with Gasteiger partial charge in [0.15, 0.2) is 11.5 Å². The summed E-state index contributed by atoms with van der Waals surface area (Å²) >= 11 is 3.07. The van der Waals surface area contributed by atoms with Crippen LogP contribution in [-0.4, -0.2) is 25.1 Å². The molecule has 0 spiro atoms. The summed E-state index contributed by atoms with van der Waals surface area (Å²) in [6.45, 7) is 0. The largest absolute Gasteiger partial charge is 0.493 e. The quantitative estimate of drug-likeness (QED) is 0.498. The predicted octanol–water partition coefficient (Wildman–Crippen LogP) is 5.29. The first-order chi connectivity index (χ1) is 13.2. The monoisotopic (exact) mass is 396 g/mol. The number of fused-ring (bicyclic) bond motifs is 1. The Kier molecular flexibility index (Phi) is 4.79. The van der Waals surface area contributed by atoms with Crippen LogP contribution in [0.3, 0.4) is 0 Å². The number of hydrogen-bond donors (Lipinski definition) is 1. The number of benzene rings is 2. The van der Waals surface area contributed by atoms with Gasteiger partial charge in [0.1, 0.15) is 10.0 Å². The Bertz CT molecular complexity index is 1080. The lowest BCUT2D eigenvalue weighted by Crippen LogP contribution is -2.13. The Hall–Kier alpha value is -2.90. The molecule has 2 aromatic carbocycles. The Labute approximate surface area is 164 Å². The Morgan fingerprint density at radius 1 is 1.04 bits per heavy atom. The van der Waals surface area contributed by atoms with Crippen LogP contribution in [0.15, 0.2) is 53.9 Å². The van der Waals surface area contributed by atoms with Gasteiger partial charge >= 0.3 is 0 Å². The highest BCUT2D eigenvalue weighted by Crippen LogP contribution is 2.38. The third-order valence-electron chi connectivity index (χ3n) is 4.06. The van der Waals surface area contributed by atoms with E-state index < -0.39 is 0 Å². The van der Waals surface area contributed by atoms with Crippen LogP contribution in [0.4, 0.5) is 5.00 Å². The molecule has 1 amide bonds. The summed E-state index contributed by atoms with van der Waals surface area (Å²) in [4.78, 5) is 17.5. The maximum absolute atomic E-state index is 12.9. The van der Waals surface area contributed by atoms with Crippen molar-refractivity contribution in [2.45, 2.75) is 0 Å². The molecule has 0 bridgehead atoms. The number of carbonyl (C=O) groups is 1. The first-order valence-electron chi connectivity index (χ1n) is 8.17. The molecule has 1 N–H and O–H groups in total. The highest BCUT2D eigenvalue weighted by atomic mass is 32.1. The molecule has 0 atom stereocenters. The molecule has 0 aliphatic heterocycles. The molecule has 136 valence electrons. The van der Waals surface area contributed by atoms with Crippen molar-refractivity contribution in [2.24, 2.45) is 0 Å². The highest BCUT2D eigenvalue weighted by Gasteiger charge is 2.19. The topological polar surface area (TPSA) is 60.5 Å². The Balaban J connectivity index is 1.67. The number of anilines is 1. The number of thiophene rings is 1. The van der Waals surface area contributed by atoms with Crippen molar-refractivity contribution in [1.29, 1.82) is 0 Å². The molecule has 2 heterocycles. The van der Waals surface area contributed by atoms with E-state index in [1.807, 2.05) is 35.7 Å². The van der Waals surface area contributed by atoms with Crippen LogP contribution in [-0.2, 0) is 0 Å². The van der Waals surface area contributed by atoms with Crippen molar-refractivity contribution in [2.75, 3.05) is 19.5 Å². The minimum atomic E-state index is -0.254. The van der Waals surface area contributed by atoms with Gasteiger partial charge in [-0.3, -0.25) is 4.79 Å². The molecule has 0 aliphatic rings. The zero-order chi connectivity index (χ0) is 18.8. The predicted molar refractivity (Wildman–Crippen MR) is 110 cm³/mol. The number of para-hydroxylation sites is 2. The molecular weight excluding hydrogens is 380 g/mol. The Morgan fingerprint density at radius 2 is 1.89 bits per heavy atom. The number of amides is 1. The van der Waals surface area contributed by atoms with Crippen molar-refractivity contribution in [3.8, 4) is 22.1 Å². The maximum atomic E-state index is 12.9. The van der Waals surface area contributed by atoms with Gasteiger partial charge in [-0.2, -0.15) is 0 Å². The molecule has 0 unspecified atom stereocenters. The highest BCUT2D eigenvalue weighted by molar-refractivity contribution is 7.22. The molecule has 0 aliphatic carbocycles. The van der Waals surface area contributed by atoms with E-state index in [9.17, 15) is 4.79 Å². The number of thiazole rings is 1. The lowest BCUT2D eigenvalue weighted by Gasteiger charge is -2.12. The van der Waals surface area contributed by atoms with Crippen LogP contribution in [0, 0.1) is 0 Å². The lowest BCUT2D eigenvalue weighted by atomic mass is 10.1. The zero-order valence-corrected chi connectivity index (χ0v) is 16.3. The zero-order valence-electron chi connectivity index (χ0n) is 14.7. The lowest BCUT2D eigenvalue weighted by molar-refractivity contribution is 0.102. The van der Waals surface area contributed by atoms with Gasteiger partial charge in [0.25, 0.3) is 5.91 Å². The average molecular weight is 396 g/mol. The molecule has 0 saturated heterocycles. The second-order valence-electron chi connectivity index (χ2n) is 5.65. The number of aromatic nitrogens is 1. The van der Waals surface area contributed by atoms with Crippen molar-refractivity contribution >= 4 is 43.8 Å². The molecule has 4 aromatic rings. The summed E-state index contributed by atoms with van der Waals surface area (Å²) in [7, 11) is 3.07. The molecule has 0 fully saturated rings. The van der Waals surface area contributed by atoms with E-state index in [0.29, 0.717) is 17.1 Å². The maximum Gasteiger partial charge on any atom is 0.260 e. The summed E-state index contributed by atoms with van der Waals surface area (Å²) in [5.74, 6) is 0.675. The minimum Gasteiger partial charge on any atom is -0.493 e. The average Bonchev–Trinajstić information content (AvgIpc) is 3.33. The second kappa shape index (κ2) is 7.38. The molecular formula is C20H16N2O3S2. The summed E-state index contributed by atoms with van der Waals surface area (Å²) in [5, 5.41) is 6.56. The van der Waals surface area contributed by atoms with Crippen molar-refractivity contribution in [1.82, 2.24) is 4.98 Å². The number of hydrogen-bond acceptors (Lipinski definition) is 6. The second-order valence-corrected chi connectivity index (χ2v) is 7.59. The fraction of sp³-hybridized carbons (Fsp3) is 0.100. The van der Waals surface area contributed by atoms with Gasteiger partial charge < -0.3 is 14.8 Å². The third-order valence-corrected chi connectivity index (χ3v) is 5.96. The fourth-order valence-corrected chi connectivity index (χ4v) is 4.64. The minimum absolute atomic E-state index is 0.254. The van der Waals surface area contributed by atoms with Crippen LogP contribution >= 0.6 is 22.7 Å². The van der Waals surface area contributed by atoms with Crippen molar-refractivity contribution in [3.63, 3.8) is 0 Å². The van der Waals surface area contributed by atoms with Crippen LogP contribution in [0.25, 0.3) is 20.8 Å². The van der Waals surface area contributed by atoms with Crippen LogP contribution < -0.4 is 14.8 Å². The van der Waals surface area contributed by atoms with Gasteiger partial charge in [-0.1, -0.05) is 18.2 Å². The number of ether oxygens (including phenoxy) is 2. The molecule has 27 heavy (non-hydrogen) atoms. The van der Waals surface area contributed by atoms with Gasteiger partial charge in [-0.25, -0.2) is 4.98 Å². The van der Waals surface area contributed by atoms with E-state index in [0.717, 1.165) is 25.8 Å². The van der Waals surface area contributed by atoms with Gasteiger partial charge in [0.2, 0.25) is 0 Å². The van der Waals surface area contributed by atoms with E-state index in [4.69, 9.17) is 9.47 Å². The molecule has 0 radical (unpaired) electrons. The van der Waals surface area contributed by atoms with Gasteiger partial charge in [-0.05, 0) is 35.7 Å². The van der Waals surface area contributed by atoms with E-state index in [-0.39, 0.29) is 5.91 Å². The summed E-state index contributed by atoms with van der Waals surface area (Å²) < 4.78 is 11.8. The SMILES string of the molecule is COc1cccc(C(=O)Nc2sccc2-c2nc3ccccc3s2)c1OC. The number of methoxy groups -OCH3 is 2. The van der Waals surface area contributed by atoms with E-state index in [1.165, 1.54) is 18.4 Å². The number of nitrogens with one attached hydrogen (secondary N) is 1. The van der Waals surface area contributed by atoms with Gasteiger partial charge in [0, 0.05) is 5.56 Å². The van der Waals surface area contributed by atoms with Gasteiger partial charge in [0.05, 0.1) is 30.0 Å². The standard InChI is InChI=1S/C20H16N2O3S2/c1-24-15-8-5-6-12(17(15)25-2)18(23)22-19-13(10-11-26-19)20-21-14-7-3-4-9-16(14)27-20/h3-11H,1-2H3,(H,22,23). The summed E-state index contributed by atoms with van der Waals surface area (Å²) in [6.07, 6.45) is 0. The smallest absolute Gasteiger partial charge is 0.260 e. The molecule has 7 heteroatoms. The number of carbonyl (C=O) groups excluding carboxylic acids is 1. The third kappa shape index (κ3) is 3.27. The number of nitrogens with zero attached hydrogens (tertiary/aromatic N) is 1. The van der Waals surface area contributed by atoms with E-state index >= 15 is 0 Å². The van der Waals surface area contributed by atoms with Crippen LogP contribution in [0.1, 0.15) is 10.4 Å². The van der Waals surface area contributed by atoms with Crippen molar-refractivity contribution in [3.05, 3.63) is 59.5 Å². The molecule has 2 aromatic heterocycles. The Morgan fingerprint density at radius 3 is 2.67 bits per heavy atom. The first kappa shape index (κ1) is 17.5. The normalized spacial score (nSPS) is 10.7. The summed E-state index contributed by atoms with van der Waals surface area (Å²) in [6, 6.07) is 15.2. The van der Waals surface area contributed by atoms with E-state index in [2.05, 4.69) is 10.3 Å². The van der Waals surface area contributed by atoms with E-state index in [1.54, 1.807) is 36.6 Å². The van der Waals surface area contributed by atoms with Crippen LogP contribution in [0.2, 0.25) is 0 Å².